The van der Waals surface area contributed by atoms with Crippen molar-refractivity contribution in [1.82, 2.24) is 0 Å². The smallest absolute Gasteiger partial charge is 0.139 e. The molecule has 3 aliphatic rings. The van der Waals surface area contributed by atoms with Gasteiger partial charge in [0, 0.05) is 11.8 Å². The molecule has 4 rings (SSSR count). The Kier molecular flexibility index (Phi) is 3.01. The van der Waals surface area contributed by atoms with Crippen LogP contribution in [0.5, 0.6) is 0 Å². The van der Waals surface area contributed by atoms with E-state index in [0.29, 0.717) is 23.5 Å². The normalized spacial score (nSPS) is 37.8. The van der Waals surface area contributed by atoms with Gasteiger partial charge in [0.1, 0.15) is 5.78 Å². The van der Waals surface area contributed by atoms with E-state index in [0.717, 1.165) is 37.7 Å². The number of aliphatic hydroxyl groups excluding tert-OH is 1. The molecule has 3 aliphatic carbocycles. The maximum absolute atomic E-state index is 12.3. The number of hydrogen-bond acceptors (Lipinski definition) is 2. The van der Waals surface area contributed by atoms with E-state index in [2.05, 4.69) is 25.1 Å². The molecule has 2 unspecified atom stereocenters. The van der Waals surface area contributed by atoms with Crippen LogP contribution in [0.3, 0.4) is 0 Å². The van der Waals surface area contributed by atoms with Crippen molar-refractivity contribution in [2.45, 2.75) is 58.0 Å². The molecule has 112 valence electrons. The number of carbonyl (C=O) groups is 1. The van der Waals surface area contributed by atoms with E-state index < -0.39 is 0 Å². The molecule has 0 bridgehead atoms. The van der Waals surface area contributed by atoms with Crippen molar-refractivity contribution in [3.63, 3.8) is 0 Å². The van der Waals surface area contributed by atoms with E-state index in [1.165, 1.54) is 17.5 Å². The third kappa shape index (κ3) is 1.85. The third-order valence-corrected chi connectivity index (χ3v) is 6.68. The Bertz CT molecular complexity index is 591. The maximum Gasteiger partial charge on any atom is 0.139 e. The van der Waals surface area contributed by atoms with Crippen LogP contribution in [-0.2, 0) is 17.8 Å². The minimum Gasteiger partial charge on any atom is -0.392 e. The fourth-order valence-corrected chi connectivity index (χ4v) is 5.51. The molecule has 1 aromatic carbocycles. The van der Waals surface area contributed by atoms with Crippen molar-refractivity contribution in [2.75, 3.05) is 0 Å². The first-order chi connectivity index (χ1) is 10.1. The first-order valence-electron chi connectivity index (χ1n) is 8.39. The molecule has 0 saturated heterocycles. The fraction of sp³-hybridized carbons (Fsp3) is 0.632. The number of aryl methyl sites for hydroxylation is 1. The van der Waals surface area contributed by atoms with Gasteiger partial charge in [-0.1, -0.05) is 25.1 Å². The van der Waals surface area contributed by atoms with Crippen LogP contribution in [0.4, 0.5) is 0 Å². The minimum atomic E-state index is -0.0241. The highest BCUT2D eigenvalue weighted by molar-refractivity contribution is 5.87. The number of carbonyl (C=O) groups excluding carboxylic acids is 1. The van der Waals surface area contributed by atoms with E-state index in [-0.39, 0.29) is 12.0 Å². The highest BCUT2D eigenvalue weighted by atomic mass is 16.3. The van der Waals surface area contributed by atoms with Gasteiger partial charge in [0.2, 0.25) is 0 Å². The quantitative estimate of drug-likeness (QED) is 0.855. The van der Waals surface area contributed by atoms with Crippen LogP contribution < -0.4 is 0 Å². The summed E-state index contributed by atoms with van der Waals surface area (Å²) in [6.45, 7) is 2.37. The van der Waals surface area contributed by atoms with Gasteiger partial charge in [0.15, 0.2) is 0 Å². The Hall–Kier alpha value is -1.15. The number of aliphatic hydroxyl groups is 1. The summed E-state index contributed by atoms with van der Waals surface area (Å²) in [7, 11) is 0. The van der Waals surface area contributed by atoms with Crippen LogP contribution >= 0.6 is 0 Å². The molecule has 21 heavy (non-hydrogen) atoms. The van der Waals surface area contributed by atoms with Crippen molar-refractivity contribution in [3.05, 3.63) is 34.9 Å². The molecule has 4 atom stereocenters. The van der Waals surface area contributed by atoms with Gasteiger partial charge in [-0.3, -0.25) is 4.79 Å². The lowest BCUT2D eigenvalue weighted by Crippen LogP contribution is -2.42. The molecule has 2 fully saturated rings. The molecule has 0 radical (unpaired) electrons. The van der Waals surface area contributed by atoms with Crippen LogP contribution in [0.15, 0.2) is 18.2 Å². The second-order valence-electron chi connectivity index (χ2n) is 7.52. The summed E-state index contributed by atoms with van der Waals surface area (Å²) in [5.41, 5.74) is 3.95. The summed E-state index contributed by atoms with van der Waals surface area (Å²) in [6, 6.07) is 6.52. The fourth-order valence-electron chi connectivity index (χ4n) is 5.51. The van der Waals surface area contributed by atoms with Crippen LogP contribution in [0.1, 0.15) is 61.6 Å². The molecule has 2 heteroatoms. The monoisotopic (exact) mass is 284 g/mol. The summed E-state index contributed by atoms with van der Waals surface area (Å²) in [6.07, 6.45) is 6.49. The number of rotatable bonds is 1. The Morgan fingerprint density at radius 3 is 2.90 bits per heavy atom. The summed E-state index contributed by atoms with van der Waals surface area (Å²) in [4.78, 5) is 12.3. The largest absolute Gasteiger partial charge is 0.392 e. The molecular formula is C19H24O2. The molecule has 0 aromatic heterocycles. The zero-order chi connectivity index (χ0) is 14.6. The Morgan fingerprint density at radius 1 is 1.24 bits per heavy atom. The zero-order valence-electron chi connectivity index (χ0n) is 12.8. The van der Waals surface area contributed by atoms with Crippen LogP contribution in [0.25, 0.3) is 0 Å². The molecule has 2 nitrogen and oxygen atoms in total. The van der Waals surface area contributed by atoms with Gasteiger partial charge >= 0.3 is 0 Å². The lowest BCUT2D eigenvalue weighted by molar-refractivity contribution is -0.129. The molecule has 2 saturated carbocycles. The second-order valence-corrected chi connectivity index (χ2v) is 7.52. The van der Waals surface area contributed by atoms with Crippen molar-refractivity contribution in [3.8, 4) is 0 Å². The first kappa shape index (κ1) is 13.5. The molecular weight excluding hydrogens is 260 g/mol. The SMILES string of the molecule is C[C@]12CCC3c4ccc(CO)cc4CCC3[C@@H]1CCC2=O. The van der Waals surface area contributed by atoms with Crippen molar-refractivity contribution >= 4 is 5.78 Å². The average molecular weight is 284 g/mol. The topological polar surface area (TPSA) is 37.3 Å². The molecule has 0 amide bonds. The van der Waals surface area contributed by atoms with Gasteiger partial charge in [-0.25, -0.2) is 0 Å². The minimum absolute atomic E-state index is 0.0241. The molecule has 0 heterocycles. The number of benzene rings is 1. The predicted molar refractivity (Wildman–Crippen MR) is 82.0 cm³/mol. The maximum atomic E-state index is 12.3. The third-order valence-electron chi connectivity index (χ3n) is 6.68. The zero-order valence-corrected chi connectivity index (χ0v) is 12.8. The summed E-state index contributed by atoms with van der Waals surface area (Å²) >= 11 is 0. The van der Waals surface area contributed by atoms with Crippen LogP contribution in [0, 0.1) is 17.3 Å². The lowest BCUT2D eigenvalue weighted by atomic mass is 9.55. The highest BCUT2D eigenvalue weighted by Crippen LogP contribution is 2.59. The van der Waals surface area contributed by atoms with Crippen molar-refractivity contribution in [1.29, 1.82) is 0 Å². The van der Waals surface area contributed by atoms with Crippen LogP contribution in [0.2, 0.25) is 0 Å². The number of hydrogen-bond donors (Lipinski definition) is 1. The Balaban J connectivity index is 1.70. The number of ketones is 1. The van der Waals surface area contributed by atoms with Gasteiger partial charge in [-0.15, -0.1) is 0 Å². The standard InChI is InChI=1S/C19H24O2/c1-19-9-8-15-14-4-2-12(11-20)10-13(14)3-5-16(15)17(19)6-7-18(19)21/h2,4,10,15-17,20H,3,5-9,11H2,1H3/t15?,16?,17-,19-/m0/s1. The molecule has 1 aromatic rings. The Labute approximate surface area is 126 Å². The van der Waals surface area contributed by atoms with E-state index >= 15 is 0 Å². The van der Waals surface area contributed by atoms with Crippen molar-refractivity contribution in [2.24, 2.45) is 17.3 Å². The first-order valence-corrected chi connectivity index (χ1v) is 8.39. The van der Waals surface area contributed by atoms with Crippen LogP contribution in [-0.4, -0.2) is 10.9 Å². The molecule has 0 spiro atoms. The van der Waals surface area contributed by atoms with Gasteiger partial charge in [-0.05, 0) is 66.5 Å². The van der Waals surface area contributed by atoms with Gasteiger partial charge < -0.3 is 5.11 Å². The summed E-state index contributed by atoms with van der Waals surface area (Å²) < 4.78 is 0. The highest BCUT2D eigenvalue weighted by Gasteiger charge is 2.54. The molecule has 0 aliphatic heterocycles. The lowest BCUT2D eigenvalue weighted by Gasteiger charge is -2.48. The van der Waals surface area contributed by atoms with Crippen molar-refractivity contribution < 1.29 is 9.90 Å². The van der Waals surface area contributed by atoms with E-state index in [1.807, 2.05) is 0 Å². The average Bonchev–Trinajstić information content (AvgIpc) is 2.82. The van der Waals surface area contributed by atoms with E-state index in [1.54, 1.807) is 0 Å². The Morgan fingerprint density at radius 2 is 2.10 bits per heavy atom. The van der Waals surface area contributed by atoms with Gasteiger partial charge in [0.05, 0.1) is 6.61 Å². The number of Topliss-reactive ketones (excluding diaryl/α,β-unsaturated/α-hetero) is 1. The summed E-state index contributed by atoms with van der Waals surface area (Å²) in [5, 5.41) is 9.32. The van der Waals surface area contributed by atoms with E-state index in [9.17, 15) is 9.90 Å². The summed E-state index contributed by atoms with van der Waals surface area (Å²) in [5.74, 6) is 2.47. The number of fused-ring (bicyclic) bond motifs is 5. The second kappa shape index (κ2) is 4.67. The van der Waals surface area contributed by atoms with E-state index in [4.69, 9.17) is 0 Å². The molecule has 1 N–H and O–H groups in total. The predicted octanol–water partition coefficient (Wildman–Crippen LogP) is 3.60. The van der Waals surface area contributed by atoms with Gasteiger partial charge in [-0.2, -0.15) is 0 Å². The van der Waals surface area contributed by atoms with Gasteiger partial charge in [0.25, 0.3) is 0 Å².